The zero-order valence-electron chi connectivity index (χ0n) is 9.58. The van der Waals surface area contributed by atoms with Crippen LogP contribution in [0.2, 0.25) is 5.02 Å². The van der Waals surface area contributed by atoms with Crippen molar-refractivity contribution in [3.63, 3.8) is 0 Å². The molecule has 0 heterocycles. The van der Waals surface area contributed by atoms with Gasteiger partial charge in [-0.1, -0.05) is 18.5 Å². The average molecular weight is 243 g/mol. The summed E-state index contributed by atoms with van der Waals surface area (Å²) in [5.41, 5.74) is 0.328. The van der Waals surface area contributed by atoms with E-state index >= 15 is 0 Å². The van der Waals surface area contributed by atoms with Crippen molar-refractivity contribution in [3.05, 3.63) is 33.3 Å². The minimum absolute atomic E-state index is 0.00836. The highest BCUT2D eigenvalue weighted by atomic mass is 35.5. The molecule has 1 N–H and O–H groups in total. The molecule has 0 saturated carbocycles. The Labute approximate surface area is 99.8 Å². The fourth-order valence-corrected chi connectivity index (χ4v) is 1.38. The second kappa shape index (κ2) is 4.70. The van der Waals surface area contributed by atoms with Gasteiger partial charge in [-0.25, -0.2) is 0 Å². The lowest BCUT2D eigenvalue weighted by atomic mass is 10.0. The zero-order valence-corrected chi connectivity index (χ0v) is 10.3. The molecule has 0 bridgehead atoms. The maximum Gasteiger partial charge on any atom is 0.293 e. The molecule has 1 aromatic rings. The van der Waals surface area contributed by atoms with Crippen LogP contribution in [0.3, 0.4) is 0 Å². The first-order valence-electron chi connectivity index (χ1n) is 5.08. The minimum atomic E-state index is -0.431. The van der Waals surface area contributed by atoms with Crippen molar-refractivity contribution in [2.45, 2.75) is 32.7 Å². The summed E-state index contributed by atoms with van der Waals surface area (Å²) in [5, 5.41) is 14.4. The Balaban J connectivity index is 3.09. The lowest BCUT2D eigenvalue weighted by Crippen LogP contribution is -2.29. The van der Waals surface area contributed by atoms with E-state index in [1.165, 1.54) is 6.07 Å². The first-order chi connectivity index (χ1) is 7.35. The first-order valence-corrected chi connectivity index (χ1v) is 5.45. The van der Waals surface area contributed by atoms with Gasteiger partial charge < -0.3 is 5.32 Å². The molecule has 0 amide bonds. The number of benzene rings is 1. The van der Waals surface area contributed by atoms with Crippen LogP contribution in [-0.2, 0) is 0 Å². The highest BCUT2D eigenvalue weighted by Gasteiger charge is 2.21. The van der Waals surface area contributed by atoms with Gasteiger partial charge in [0.05, 0.1) is 4.92 Å². The van der Waals surface area contributed by atoms with E-state index in [0.29, 0.717) is 10.7 Å². The second-order valence-electron chi connectivity index (χ2n) is 4.28. The van der Waals surface area contributed by atoms with Crippen LogP contribution in [0.4, 0.5) is 11.4 Å². The van der Waals surface area contributed by atoms with Crippen LogP contribution in [0.5, 0.6) is 0 Å². The fraction of sp³-hybridized carbons (Fsp3) is 0.455. The number of nitro benzene ring substituents is 1. The zero-order chi connectivity index (χ0) is 12.3. The Bertz CT molecular complexity index is 405. The van der Waals surface area contributed by atoms with Crippen LogP contribution in [0.25, 0.3) is 0 Å². The molecule has 0 atom stereocenters. The van der Waals surface area contributed by atoms with E-state index < -0.39 is 4.92 Å². The third-order valence-electron chi connectivity index (χ3n) is 2.51. The van der Waals surface area contributed by atoms with Crippen LogP contribution in [-0.4, -0.2) is 10.5 Å². The summed E-state index contributed by atoms with van der Waals surface area (Å²) in [6.45, 7) is 6.01. The van der Waals surface area contributed by atoms with Crippen molar-refractivity contribution in [1.82, 2.24) is 0 Å². The van der Waals surface area contributed by atoms with Crippen molar-refractivity contribution in [2.75, 3.05) is 5.32 Å². The van der Waals surface area contributed by atoms with E-state index in [0.717, 1.165) is 6.42 Å². The maximum absolute atomic E-state index is 10.9. The summed E-state index contributed by atoms with van der Waals surface area (Å²) in [6, 6.07) is 4.64. The van der Waals surface area contributed by atoms with Crippen LogP contribution in [0.1, 0.15) is 27.2 Å². The molecule has 1 rings (SSSR count). The smallest absolute Gasteiger partial charge is 0.293 e. The van der Waals surface area contributed by atoms with Crippen LogP contribution >= 0.6 is 11.6 Å². The van der Waals surface area contributed by atoms with Crippen molar-refractivity contribution < 1.29 is 4.92 Å². The van der Waals surface area contributed by atoms with Crippen LogP contribution in [0.15, 0.2) is 18.2 Å². The molecule has 0 aliphatic heterocycles. The van der Waals surface area contributed by atoms with Crippen molar-refractivity contribution in [2.24, 2.45) is 0 Å². The number of nitrogens with one attached hydrogen (secondary N) is 1. The molecule has 88 valence electrons. The molecule has 0 aliphatic carbocycles. The van der Waals surface area contributed by atoms with Crippen molar-refractivity contribution >= 4 is 23.0 Å². The Morgan fingerprint density at radius 2 is 2.12 bits per heavy atom. The summed E-state index contributed by atoms with van der Waals surface area (Å²) in [4.78, 5) is 10.4. The van der Waals surface area contributed by atoms with Gasteiger partial charge in [-0.3, -0.25) is 10.1 Å². The van der Waals surface area contributed by atoms with Gasteiger partial charge in [0.2, 0.25) is 0 Å². The van der Waals surface area contributed by atoms with Gasteiger partial charge in [0.15, 0.2) is 0 Å². The summed E-state index contributed by atoms with van der Waals surface area (Å²) < 4.78 is 0. The number of nitrogens with zero attached hydrogens (tertiary/aromatic N) is 1. The molecule has 4 nitrogen and oxygen atoms in total. The monoisotopic (exact) mass is 242 g/mol. The largest absolute Gasteiger partial charge is 0.375 e. The van der Waals surface area contributed by atoms with Gasteiger partial charge in [0.1, 0.15) is 5.69 Å². The lowest BCUT2D eigenvalue weighted by Gasteiger charge is -2.25. The predicted octanol–water partition coefficient (Wildman–Crippen LogP) is 3.85. The predicted molar refractivity (Wildman–Crippen MR) is 66.1 cm³/mol. The molecule has 5 heteroatoms. The third kappa shape index (κ3) is 3.10. The van der Waals surface area contributed by atoms with Gasteiger partial charge in [0, 0.05) is 16.6 Å². The molecular weight excluding hydrogens is 228 g/mol. The van der Waals surface area contributed by atoms with Crippen molar-refractivity contribution in [1.29, 1.82) is 0 Å². The number of rotatable bonds is 4. The third-order valence-corrected chi connectivity index (χ3v) is 2.75. The molecule has 0 unspecified atom stereocenters. The van der Waals surface area contributed by atoms with E-state index in [2.05, 4.69) is 5.32 Å². The van der Waals surface area contributed by atoms with Gasteiger partial charge in [-0.05, 0) is 32.4 Å². The molecule has 0 aromatic heterocycles. The number of nitro groups is 1. The van der Waals surface area contributed by atoms with Gasteiger partial charge in [0.25, 0.3) is 5.69 Å². The summed E-state index contributed by atoms with van der Waals surface area (Å²) in [5.74, 6) is 0. The second-order valence-corrected chi connectivity index (χ2v) is 4.72. The Kier molecular flexibility index (Phi) is 3.75. The first kappa shape index (κ1) is 12.8. The number of hydrogen-bond donors (Lipinski definition) is 1. The molecule has 0 aliphatic rings. The van der Waals surface area contributed by atoms with E-state index in [-0.39, 0.29) is 11.2 Å². The Morgan fingerprint density at radius 1 is 1.50 bits per heavy atom. The van der Waals surface area contributed by atoms with E-state index in [1.807, 2.05) is 20.8 Å². The van der Waals surface area contributed by atoms with Gasteiger partial charge in [-0.15, -0.1) is 0 Å². The summed E-state index contributed by atoms with van der Waals surface area (Å²) in [6.07, 6.45) is 0.868. The quantitative estimate of drug-likeness (QED) is 0.645. The topological polar surface area (TPSA) is 55.2 Å². The van der Waals surface area contributed by atoms with Crippen molar-refractivity contribution in [3.8, 4) is 0 Å². The SMILES string of the molecule is CCC(C)(C)Nc1ccc(Cl)cc1[N+](=O)[O-]. The molecular formula is C11H15ClN2O2. The molecule has 0 radical (unpaired) electrons. The van der Waals surface area contributed by atoms with Gasteiger partial charge >= 0.3 is 0 Å². The van der Waals surface area contributed by atoms with Crippen LogP contribution in [0, 0.1) is 10.1 Å². The molecule has 0 spiro atoms. The average Bonchev–Trinajstić information content (AvgIpc) is 2.20. The normalized spacial score (nSPS) is 11.2. The lowest BCUT2D eigenvalue weighted by molar-refractivity contribution is -0.384. The fourth-order valence-electron chi connectivity index (χ4n) is 1.21. The maximum atomic E-state index is 10.9. The molecule has 0 saturated heterocycles. The summed E-state index contributed by atoms with van der Waals surface area (Å²) >= 11 is 5.73. The number of halogens is 1. The number of anilines is 1. The van der Waals surface area contributed by atoms with Gasteiger partial charge in [-0.2, -0.15) is 0 Å². The van der Waals surface area contributed by atoms with E-state index in [9.17, 15) is 10.1 Å². The molecule has 1 aromatic carbocycles. The van der Waals surface area contributed by atoms with Crippen LogP contribution < -0.4 is 5.32 Å². The molecule has 16 heavy (non-hydrogen) atoms. The highest BCUT2D eigenvalue weighted by molar-refractivity contribution is 6.30. The highest BCUT2D eigenvalue weighted by Crippen LogP contribution is 2.30. The molecule has 0 fully saturated rings. The minimum Gasteiger partial charge on any atom is -0.375 e. The van der Waals surface area contributed by atoms with E-state index in [1.54, 1.807) is 12.1 Å². The summed E-state index contributed by atoms with van der Waals surface area (Å²) in [7, 11) is 0. The Morgan fingerprint density at radius 3 is 2.62 bits per heavy atom. The standard InChI is InChI=1S/C11H15ClN2O2/c1-4-11(2,3)13-9-6-5-8(12)7-10(9)14(15)16/h5-7,13H,4H2,1-3H3. The number of hydrogen-bond acceptors (Lipinski definition) is 3. The van der Waals surface area contributed by atoms with E-state index in [4.69, 9.17) is 11.6 Å². The Hall–Kier alpha value is -1.29.